The zero-order chi connectivity index (χ0) is 24.5. The molecule has 2 amide bonds. The van der Waals surface area contributed by atoms with Crippen LogP contribution in [0.5, 0.6) is 0 Å². The molecular weight excluding hydrogens is 436 g/mol. The third kappa shape index (κ3) is 6.14. The van der Waals surface area contributed by atoms with E-state index in [1.807, 2.05) is 43.3 Å². The first kappa shape index (κ1) is 25.2. The molecule has 0 saturated carbocycles. The van der Waals surface area contributed by atoms with Crippen molar-refractivity contribution in [1.82, 2.24) is 10.6 Å². The van der Waals surface area contributed by atoms with Gasteiger partial charge in [0.25, 0.3) is 0 Å². The molecule has 1 aliphatic rings. The molecule has 0 aliphatic heterocycles. The standard InChI is InChI=1S/C26H32N2O6/c1-3-4-13-22(24(29)27-15-14-23(33-2)25(30)31)28-26(32)34-16-21-19-11-7-5-9-17(19)18-10-6-8-12-20(18)21/h5-12,21-23H,3-4,13-16H2,1-2H3,(H,27,29)(H,28,32)(H,30,31)/t22-,23?/m0/s1. The molecule has 1 aliphatic carbocycles. The Morgan fingerprint density at radius 2 is 1.62 bits per heavy atom. The molecule has 0 bridgehead atoms. The van der Waals surface area contributed by atoms with Gasteiger partial charge in [-0.05, 0) is 28.7 Å². The van der Waals surface area contributed by atoms with E-state index in [9.17, 15) is 14.4 Å². The minimum absolute atomic E-state index is 0.0666. The minimum atomic E-state index is -1.09. The van der Waals surface area contributed by atoms with Crippen molar-refractivity contribution < 1.29 is 29.0 Å². The van der Waals surface area contributed by atoms with Crippen molar-refractivity contribution in [2.45, 2.75) is 50.7 Å². The molecule has 0 radical (unpaired) electrons. The number of nitrogens with one attached hydrogen (secondary N) is 2. The number of methoxy groups -OCH3 is 1. The number of carboxylic acid groups (broad SMARTS) is 1. The number of carboxylic acids is 1. The van der Waals surface area contributed by atoms with E-state index in [4.69, 9.17) is 14.6 Å². The average Bonchev–Trinajstić information content (AvgIpc) is 3.16. The summed E-state index contributed by atoms with van der Waals surface area (Å²) in [4.78, 5) is 36.3. The maximum Gasteiger partial charge on any atom is 0.407 e. The first-order chi connectivity index (χ1) is 16.5. The van der Waals surface area contributed by atoms with Crippen LogP contribution in [-0.2, 0) is 19.1 Å². The number of carbonyl (C=O) groups excluding carboxylic acids is 2. The monoisotopic (exact) mass is 468 g/mol. The summed E-state index contributed by atoms with van der Waals surface area (Å²) in [5.41, 5.74) is 4.51. The highest BCUT2D eigenvalue weighted by Crippen LogP contribution is 2.44. The maximum atomic E-state index is 12.6. The summed E-state index contributed by atoms with van der Waals surface area (Å²) in [6, 6.07) is 15.4. The van der Waals surface area contributed by atoms with Crippen molar-refractivity contribution in [3.05, 3.63) is 59.7 Å². The van der Waals surface area contributed by atoms with E-state index >= 15 is 0 Å². The Balaban J connectivity index is 1.58. The molecule has 3 N–H and O–H groups in total. The number of aliphatic carboxylic acids is 1. The van der Waals surface area contributed by atoms with Gasteiger partial charge in [0, 0.05) is 26.0 Å². The summed E-state index contributed by atoms with van der Waals surface area (Å²) in [5, 5.41) is 14.4. The van der Waals surface area contributed by atoms with E-state index in [1.54, 1.807) is 0 Å². The average molecular weight is 469 g/mol. The van der Waals surface area contributed by atoms with Crippen LogP contribution < -0.4 is 10.6 Å². The van der Waals surface area contributed by atoms with Crippen LogP contribution in [0.1, 0.15) is 49.7 Å². The van der Waals surface area contributed by atoms with Crippen molar-refractivity contribution in [3.8, 4) is 11.1 Å². The fourth-order valence-electron chi connectivity index (χ4n) is 4.25. The van der Waals surface area contributed by atoms with Crippen LogP contribution in [0.3, 0.4) is 0 Å². The fourth-order valence-corrected chi connectivity index (χ4v) is 4.25. The Labute approximate surface area is 199 Å². The van der Waals surface area contributed by atoms with E-state index in [-0.39, 0.29) is 31.4 Å². The molecule has 8 heteroatoms. The van der Waals surface area contributed by atoms with E-state index in [1.165, 1.54) is 7.11 Å². The van der Waals surface area contributed by atoms with Crippen LogP contribution in [0, 0.1) is 0 Å². The second-order valence-corrected chi connectivity index (χ2v) is 8.31. The highest BCUT2D eigenvalue weighted by Gasteiger charge is 2.29. The molecule has 8 nitrogen and oxygen atoms in total. The minimum Gasteiger partial charge on any atom is -0.479 e. The van der Waals surface area contributed by atoms with Gasteiger partial charge in [0.15, 0.2) is 6.10 Å². The van der Waals surface area contributed by atoms with Crippen molar-refractivity contribution in [1.29, 1.82) is 0 Å². The molecule has 2 atom stereocenters. The molecule has 1 unspecified atom stereocenters. The van der Waals surface area contributed by atoms with Gasteiger partial charge < -0.3 is 25.2 Å². The summed E-state index contributed by atoms with van der Waals surface area (Å²) in [5.74, 6) is -1.53. The maximum absolute atomic E-state index is 12.6. The second kappa shape index (κ2) is 12.2. The molecule has 2 aromatic carbocycles. The quantitative estimate of drug-likeness (QED) is 0.438. The predicted octanol–water partition coefficient (Wildman–Crippen LogP) is 3.69. The molecule has 34 heavy (non-hydrogen) atoms. The number of hydrogen-bond acceptors (Lipinski definition) is 5. The van der Waals surface area contributed by atoms with Crippen LogP contribution >= 0.6 is 0 Å². The zero-order valence-corrected chi connectivity index (χ0v) is 19.6. The Bertz CT molecular complexity index is 963. The van der Waals surface area contributed by atoms with Gasteiger partial charge >= 0.3 is 12.1 Å². The summed E-state index contributed by atoms with van der Waals surface area (Å²) in [6.07, 6.45) is 0.545. The van der Waals surface area contributed by atoms with E-state index < -0.39 is 24.2 Å². The number of fused-ring (bicyclic) bond motifs is 3. The van der Waals surface area contributed by atoms with Crippen LogP contribution in [0.25, 0.3) is 11.1 Å². The van der Waals surface area contributed by atoms with Crippen molar-refractivity contribution in [2.75, 3.05) is 20.3 Å². The molecule has 0 aromatic heterocycles. The van der Waals surface area contributed by atoms with E-state index in [2.05, 4.69) is 22.8 Å². The van der Waals surface area contributed by atoms with Gasteiger partial charge in [0.2, 0.25) is 5.91 Å². The SMILES string of the molecule is CCCC[C@H](NC(=O)OCC1c2ccccc2-c2ccccc21)C(=O)NCCC(OC)C(=O)O. The Morgan fingerprint density at radius 3 is 2.18 bits per heavy atom. The van der Waals surface area contributed by atoms with Gasteiger partial charge in [-0.25, -0.2) is 9.59 Å². The van der Waals surface area contributed by atoms with Gasteiger partial charge in [-0.15, -0.1) is 0 Å². The van der Waals surface area contributed by atoms with Crippen molar-refractivity contribution in [3.63, 3.8) is 0 Å². The molecule has 0 fully saturated rings. The van der Waals surface area contributed by atoms with Gasteiger partial charge in [-0.3, -0.25) is 4.79 Å². The van der Waals surface area contributed by atoms with Gasteiger partial charge in [-0.1, -0.05) is 68.3 Å². The third-order valence-corrected chi connectivity index (χ3v) is 6.06. The summed E-state index contributed by atoms with van der Waals surface area (Å²) >= 11 is 0. The van der Waals surface area contributed by atoms with Crippen molar-refractivity contribution in [2.24, 2.45) is 0 Å². The first-order valence-corrected chi connectivity index (χ1v) is 11.6. The second-order valence-electron chi connectivity index (χ2n) is 8.31. The number of rotatable bonds is 12. The lowest BCUT2D eigenvalue weighted by Gasteiger charge is -2.20. The number of alkyl carbamates (subject to hydrolysis) is 1. The van der Waals surface area contributed by atoms with Crippen LogP contribution in [0.2, 0.25) is 0 Å². The molecule has 3 rings (SSSR count). The van der Waals surface area contributed by atoms with Gasteiger partial charge in [0.1, 0.15) is 12.6 Å². The number of ether oxygens (including phenoxy) is 2. The predicted molar refractivity (Wildman–Crippen MR) is 128 cm³/mol. The topological polar surface area (TPSA) is 114 Å². The van der Waals surface area contributed by atoms with Crippen LogP contribution in [0.4, 0.5) is 4.79 Å². The Kier molecular flexibility index (Phi) is 9.04. The Hall–Kier alpha value is -3.39. The molecule has 0 saturated heterocycles. The molecule has 0 heterocycles. The summed E-state index contributed by atoms with van der Waals surface area (Å²) < 4.78 is 10.4. The molecular formula is C26H32N2O6. The van der Waals surface area contributed by atoms with Crippen LogP contribution in [0.15, 0.2) is 48.5 Å². The normalized spacial score (nSPS) is 13.9. The summed E-state index contributed by atoms with van der Waals surface area (Å²) in [6.45, 7) is 2.28. The molecule has 2 aromatic rings. The largest absolute Gasteiger partial charge is 0.479 e. The third-order valence-electron chi connectivity index (χ3n) is 6.06. The Morgan fingerprint density at radius 1 is 1.00 bits per heavy atom. The molecule has 182 valence electrons. The summed E-state index contributed by atoms with van der Waals surface area (Å²) in [7, 11) is 1.31. The number of hydrogen-bond donors (Lipinski definition) is 3. The highest BCUT2D eigenvalue weighted by atomic mass is 16.5. The lowest BCUT2D eigenvalue weighted by atomic mass is 9.98. The zero-order valence-electron chi connectivity index (χ0n) is 19.6. The van der Waals surface area contributed by atoms with Crippen LogP contribution in [-0.4, -0.2) is 55.5 Å². The van der Waals surface area contributed by atoms with Gasteiger partial charge in [-0.2, -0.15) is 0 Å². The number of unbranched alkanes of at least 4 members (excludes halogenated alkanes) is 1. The number of carbonyl (C=O) groups is 3. The number of amides is 2. The highest BCUT2D eigenvalue weighted by molar-refractivity contribution is 5.85. The van der Waals surface area contributed by atoms with Crippen molar-refractivity contribution >= 4 is 18.0 Å². The van der Waals surface area contributed by atoms with E-state index in [0.29, 0.717) is 6.42 Å². The van der Waals surface area contributed by atoms with Gasteiger partial charge in [0.05, 0.1) is 0 Å². The van der Waals surface area contributed by atoms with E-state index in [0.717, 1.165) is 35.1 Å². The lowest BCUT2D eigenvalue weighted by Crippen LogP contribution is -2.47. The lowest BCUT2D eigenvalue weighted by molar-refractivity contribution is -0.149. The number of benzene rings is 2. The fraction of sp³-hybridized carbons (Fsp3) is 0.423. The molecule has 0 spiro atoms. The first-order valence-electron chi connectivity index (χ1n) is 11.6. The smallest absolute Gasteiger partial charge is 0.407 e.